The normalized spacial score (nSPS) is 41.3. The first kappa shape index (κ1) is 23.4. The summed E-state index contributed by atoms with van der Waals surface area (Å²) in [6.45, 7) is 8.55. The number of hydrogen-bond acceptors (Lipinski definition) is 5. The van der Waals surface area contributed by atoms with Crippen LogP contribution in [0.25, 0.3) is 0 Å². The second-order valence-corrected chi connectivity index (χ2v) is 12.4. The Morgan fingerprint density at radius 1 is 1.09 bits per heavy atom. The highest BCUT2D eigenvalue weighted by Gasteiger charge is 2.81. The van der Waals surface area contributed by atoms with E-state index in [1.165, 1.54) is 37.4 Å². The van der Waals surface area contributed by atoms with E-state index in [1.54, 1.807) is 7.11 Å². The molecule has 0 radical (unpaired) electrons. The van der Waals surface area contributed by atoms with Crippen LogP contribution in [0.3, 0.4) is 0 Å². The number of rotatable bonds is 3. The molecular weight excluding hydrogens is 414 g/mol. The van der Waals surface area contributed by atoms with Gasteiger partial charge < -0.3 is 25.1 Å². The minimum Gasteiger partial charge on any atom is -0.493 e. The van der Waals surface area contributed by atoms with Crippen molar-refractivity contribution in [2.75, 3.05) is 21.3 Å². The molecule has 5 heteroatoms. The van der Waals surface area contributed by atoms with Gasteiger partial charge in [-0.3, -0.25) is 0 Å². The molecule has 5 aliphatic carbocycles. The molecule has 0 aromatic heterocycles. The van der Waals surface area contributed by atoms with Gasteiger partial charge in [-0.05, 0) is 80.9 Å². The fourth-order valence-corrected chi connectivity index (χ4v) is 9.12. The zero-order valence-electron chi connectivity index (χ0n) is 21.6. The van der Waals surface area contributed by atoms with Gasteiger partial charge >= 0.3 is 0 Å². The third-order valence-electron chi connectivity index (χ3n) is 11.0. The van der Waals surface area contributed by atoms with Gasteiger partial charge in [-0.15, -0.1) is 0 Å². The van der Waals surface area contributed by atoms with E-state index in [0.29, 0.717) is 5.92 Å². The summed E-state index contributed by atoms with van der Waals surface area (Å²) in [6.07, 6.45) is 7.96. The largest absolute Gasteiger partial charge is 0.493 e. The average molecular weight is 458 g/mol. The SMILES string of the molecule is CN.COc1ccc2c3c1OC1C34CCCC(C2)[C@]42CC[C@@]1(OC)[C@@H]([C@](C)(O)C(C)(C)C)C2. The molecule has 3 N–H and O–H groups in total. The number of fused-ring (bicyclic) bond motifs is 2. The highest BCUT2D eigenvalue weighted by atomic mass is 16.6. The molecular formula is C28H43NO4. The summed E-state index contributed by atoms with van der Waals surface area (Å²) in [4.78, 5) is 0. The Hall–Kier alpha value is -1.30. The first-order valence-corrected chi connectivity index (χ1v) is 12.8. The van der Waals surface area contributed by atoms with E-state index in [2.05, 4.69) is 45.6 Å². The van der Waals surface area contributed by atoms with Crippen molar-refractivity contribution < 1.29 is 19.3 Å². The summed E-state index contributed by atoms with van der Waals surface area (Å²) < 4.78 is 19.3. The third-order valence-corrected chi connectivity index (χ3v) is 11.0. The topological polar surface area (TPSA) is 73.9 Å². The average Bonchev–Trinajstić information content (AvgIpc) is 3.15. The number of nitrogens with two attached hydrogens (primary N) is 1. The van der Waals surface area contributed by atoms with E-state index < -0.39 is 11.2 Å². The molecule has 1 aliphatic heterocycles. The fraction of sp³-hybridized carbons (Fsp3) is 0.786. The molecule has 2 spiro atoms. The quantitative estimate of drug-likeness (QED) is 0.694. The van der Waals surface area contributed by atoms with Crippen LogP contribution in [0.5, 0.6) is 11.5 Å². The number of aliphatic hydroxyl groups is 1. The van der Waals surface area contributed by atoms with Gasteiger partial charge in [0.25, 0.3) is 0 Å². The number of hydrogen-bond donors (Lipinski definition) is 2. The summed E-state index contributed by atoms with van der Waals surface area (Å²) in [7, 11) is 5.10. The first-order chi connectivity index (χ1) is 15.6. The van der Waals surface area contributed by atoms with E-state index in [1.807, 2.05) is 7.11 Å². The molecule has 1 aromatic carbocycles. The number of methoxy groups -OCH3 is 2. The van der Waals surface area contributed by atoms with Crippen LogP contribution < -0.4 is 15.2 Å². The van der Waals surface area contributed by atoms with E-state index >= 15 is 0 Å². The third kappa shape index (κ3) is 2.44. The van der Waals surface area contributed by atoms with Gasteiger partial charge in [-0.25, -0.2) is 0 Å². The Morgan fingerprint density at radius 3 is 2.45 bits per heavy atom. The molecule has 33 heavy (non-hydrogen) atoms. The molecule has 0 amide bonds. The van der Waals surface area contributed by atoms with Gasteiger partial charge in [0.05, 0.1) is 12.7 Å². The van der Waals surface area contributed by atoms with Crippen LogP contribution in [-0.2, 0) is 16.6 Å². The number of benzene rings is 1. The summed E-state index contributed by atoms with van der Waals surface area (Å²) in [5.74, 6) is 2.52. The summed E-state index contributed by atoms with van der Waals surface area (Å²) in [5.41, 5.74) is 5.98. The van der Waals surface area contributed by atoms with Crippen LogP contribution in [0, 0.1) is 22.7 Å². The lowest BCUT2D eigenvalue weighted by atomic mass is 9.31. The molecule has 3 unspecified atom stereocenters. The highest BCUT2D eigenvalue weighted by Crippen LogP contribution is 2.79. The van der Waals surface area contributed by atoms with E-state index in [0.717, 1.165) is 37.2 Å². The van der Waals surface area contributed by atoms with Crippen molar-refractivity contribution in [2.24, 2.45) is 28.4 Å². The van der Waals surface area contributed by atoms with Gasteiger partial charge in [0.2, 0.25) is 0 Å². The van der Waals surface area contributed by atoms with Gasteiger partial charge in [-0.2, -0.15) is 0 Å². The fourth-order valence-electron chi connectivity index (χ4n) is 9.12. The van der Waals surface area contributed by atoms with Crippen molar-refractivity contribution in [1.29, 1.82) is 0 Å². The second kappa shape index (κ2) is 7.11. The Morgan fingerprint density at radius 2 is 1.82 bits per heavy atom. The van der Waals surface area contributed by atoms with Gasteiger partial charge in [0, 0.05) is 24.0 Å². The molecule has 4 bridgehead atoms. The van der Waals surface area contributed by atoms with Crippen molar-refractivity contribution in [3.8, 4) is 11.5 Å². The lowest BCUT2D eigenvalue weighted by Gasteiger charge is -2.74. The van der Waals surface area contributed by atoms with E-state index in [4.69, 9.17) is 14.2 Å². The molecule has 0 saturated heterocycles. The lowest BCUT2D eigenvalue weighted by Crippen LogP contribution is -2.80. The Labute approximate surface area is 199 Å². The molecule has 1 aromatic rings. The van der Waals surface area contributed by atoms with Gasteiger partial charge in [0.15, 0.2) is 11.5 Å². The van der Waals surface area contributed by atoms with Crippen LogP contribution >= 0.6 is 0 Å². The predicted molar refractivity (Wildman–Crippen MR) is 130 cm³/mol. The summed E-state index contributed by atoms with van der Waals surface area (Å²) >= 11 is 0. The molecule has 4 fully saturated rings. The van der Waals surface area contributed by atoms with Gasteiger partial charge in [-0.1, -0.05) is 33.3 Å². The van der Waals surface area contributed by atoms with Crippen molar-refractivity contribution in [2.45, 2.75) is 95.4 Å². The van der Waals surface area contributed by atoms with E-state index in [9.17, 15) is 5.11 Å². The van der Waals surface area contributed by atoms with Crippen molar-refractivity contribution in [1.82, 2.24) is 0 Å². The maximum Gasteiger partial charge on any atom is 0.165 e. The zero-order chi connectivity index (χ0) is 24.0. The van der Waals surface area contributed by atoms with Gasteiger partial charge in [0.1, 0.15) is 11.7 Å². The van der Waals surface area contributed by atoms with Crippen molar-refractivity contribution in [3.05, 3.63) is 23.3 Å². The van der Waals surface area contributed by atoms with Crippen LogP contribution in [0.4, 0.5) is 0 Å². The standard InChI is InChI=1S/C27H38O4.CH5N/c1-23(2,3)24(4,28)19-15-25-12-13-27(19,30-6)22-26(25)11-7-8-17(25)14-16-9-10-18(29-5)21(31-22)20(16)26;1-2/h9-10,17,19,22,28H,7-8,11-15H2,1-6H3;2H2,1H3/t17?,19-,22?,24+,25-,26?,27-;/m1./s1. The van der Waals surface area contributed by atoms with Crippen molar-refractivity contribution >= 4 is 0 Å². The Balaban J connectivity index is 0.00000111. The first-order valence-electron chi connectivity index (χ1n) is 12.8. The maximum atomic E-state index is 12.1. The molecule has 6 aliphatic rings. The lowest BCUT2D eigenvalue weighted by molar-refractivity contribution is -0.309. The smallest absolute Gasteiger partial charge is 0.165 e. The zero-order valence-corrected chi connectivity index (χ0v) is 21.6. The monoisotopic (exact) mass is 457 g/mol. The molecule has 7 rings (SSSR count). The predicted octanol–water partition coefficient (Wildman–Crippen LogP) is 4.61. The van der Waals surface area contributed by atoms with E-state index in [-0.39, 0.29) is 28.3 Å². The summed E-state index contributed by atoms with van der Waals surface area (Å²) in [5, 5.41) is 12.1. The Kier molecular flexibility index (Phi) is 5.05. The van der Waals surface area contributed by atoms with Crippen LogP contribution in [0.1, 0.15) is 77.3 Å². The Bertz CT molecular complexity index is 952. The molecule has 184 valence electrons. The highest BCUT2D eigenvalue weighted by molar-refractivity contribution is 5.63. The number of ether oxygens (including phenoxy) is 3. The minimum absolute atomic E-state index is 0.00784. The minimum atomic E-state index is -0.852. The maximum absolute atomic E-state index is 12.1. The molecule has 4 saturated carbocycles. The van der Waals surface area contributed by atoms with Crippen LogP contribution in [0.15, 0.2) is 12.1 Å². The molecule has 1 heterocycles. The van der Waals surface area contributed by atoms with Crippen molar-refractivity contribution in [3.63, 3.8) is 0 Å². The van der Waals surface area contributed by atoms with Crippen LogP contribution in [0.2, 0.25) is 0 Å². The second-order valence-electron chi connectivity index (χ2n) is 12.4. The summed E-state index contributed by atoms with van der Waals surface area (Å²) in [6, 6.07) is 4.39. The van der Waals surface area contributed by atoms with Crippen LogP contribution in [-0.4, -0.2) is 43.7 Å². The molecule has 5 nitrogen and oxygen atoms in total. The molecule has 7 atom stereocenters.